The lowest BCUT2D eigenvalue weighted by Crippen LogP contribution is -2.29. The minimum atomic E-state index is -0.326. The summed E-state index contributed by atoms with van der Waals surface area (Å²) in [5, 5.41) is 11.5. The van der Waals surface area contributed by atoms with E-state index in [2.05, 4.69) is 5.32 Å². The first-order valence-corrected chi connectivity index (χ1v) is 7.04. The predicted octanol–water partition coefficient (Wildman–Crippen LogP) is 2.44. The van der Waals surface area contributed by atoms with Gasteiger partial charge in [-0.25, -0.2) is 0 Å². The Morgan fingerprint density at radius 3 is 3.05 bits per heavy atom. The standard InChI is InChI=1S/C15H15ClN2O3/c1-9-7-11(19)15-12(4-3-10(16)14(9)15)21-8-13(20)18-6-2-5-17/h3-4,9H,2,6-8H2,1H3,(H,18,20)/t9-/m1/s1. The summed E-state index contributed by atoms with van der Waals surface area (Å²) >= 11 is 6.13. The highest BCUT2D eigenvalue weighted by Crippen LogP contribution is 2.42. The number of amides is 1. The van der Waals surface area contributed by atoms with E-state index in [9.17, 15) is 9.59 Å². The summed E-state index contributed by atoms with van der Waals surface area (Å²) in [6.07, 6.45) is 0.655. The number of halogens is 1. The van der Waals surface area contributed by atoms with Crippen molar-refractivity contribution in [1.29, 1.82) is 5.26 Å². The first-order chi connectivity index (χ1) is 10.0. The minimum absolute atomic E-state index is 0.0140. The van der Waals surface area contributed by atoms with Gasteiger partial charge in [0, 0.05) is 18.0 Å². The summed E-state index contributed by atoms with van der Waals surface area (Å²) in [5.74, 6) is 0.111. The Morgan fingerprint density at radius 2 is 2.33 bits per heavy atom. The number of rotatable bonds is 5. The highest BCUT2D eigenvalue weighted by atomic mass is 35.5. The van der Waals surface area contributed by atoms with Crippen LogP contribution in [0.15, 0.2) is 12.1 Å². The van der Waals surface area contributed by atoms with Crippen LogP contribution in [0.25, 0.3) is 0 Å². The Balaban J connectivity index is 2.07. The van der Waals surface area contributed by atoms with Gasteiger partial charge in [-0.3, -0.25) is 9.59 Å². The maximum Gasteiger partial charge on any atom is 0.257 e. The molecule has 110 valence electrons. The Labute approximate surface area is 127 Å². The SMILES string of the molecule is C[C@@H]1CC(=O)c2c(OCC(=O)NCCC#N)ccc(Cl)c21. The molecule has 5 nitrogen and oxygen atoms in total. The molecule has 1 atom stereocenters. The van der Waals surface area contributed by atoms with E-state index < -0.39 is 0 Å². The molecule has 0 fully saturated rings. The molecular formula is C15H15ClN2O3. The summed E-state index contributed by atoms with van der Waals surface area (Å²) in [7, 11) is 0. The smallest absolute Gasteiger partial charge is 0.257 e. The molecule has 0 bridgehead atoms. The van der Waals surface area contributed by atoms with E-state index in [0.29, 0.717) is 22.8 Å². The van der Waals surface area contributed by atoms with Crippen molar-refractivity contribution < 1.29 is 14.3 Å². The van der Waals surface area contributed by atoms with Gasteiger partial charge in [0.15, 0.2) is 12.4 Å². The number of nitriles is 1. The molecule has 0 aliphatic heterocycles. The number of ketones is 1. The van der Waals surface area contributed by atoms with Gasteiger partial charge >= 0.3 is 0 Å². The summed E-state index contributed by atoms with van der Waals surface area (Å²) in [4.78, 5) is 23.6. The number of hydrogen-bond acceptors (Lipinski definition) is 4. The zero-order valence-corrected chi connectivity index (χ0v) is 12.4. The second-order valence-corrected chi connectivity index (χ2v) is 5.32. The fraction of sp³-hybridized carbons (Fsp3) is 0.400. The van der Waals surface area contributed by atoms with Crippen LogP contribution < -0.4 is 10.1 Å². The van der Waals surface area contributed by atoms with Gasteiger partial charge in [0.05, 0.1) is 18.1 Å². The third kappa shape index (κ3) is 3.34. The van der Waals surface area contributed by atoms with E-state index in [1.807, 2.05) is 13.0 Å². The Bertz CT molecular complexity index is 622. The fourth-order valence-corrected chi connectivity index (χ4v) is 2.74. The predicted molar refractivity (Wildman–Crippen MR) is 77.5 cm³/mol. The number of nitrogens with zero attached hydrogens (tertiary/aromatic N) is 1. The quantitative estimate of drug-likeness (QED) is 0.847. The lowest BCUT2D eigenvalue weighted by molar-refractivity contribution is -0.123. The number of Topliss-reactive ketones (excluding diaryl/α,β-unsaturated/α-hetero) is 1. The van der Waals surface area contributed by atoms with Gasteiger partial charge in [-0.2, -0.15) is 5.26 Å². The zero-order valence-electron chi connectivity index (χ0n) is 11.6. The third-order valence-electron chi connectivity index (χ3n) is 3.34. The van der Waals surface area contributed by atoms with Crippen molar-refractivity contribution >= 4 is 23.3 Å². The zero-order chi connectivity index (χ0) is 15.4. The van der Waals surface area contributed by atoms with Crippen molar-refractivity contribution in [2.24, 2.45) is 0 Å². The first-order valence-electron chi connectivity index (χ1n) is 6.66. The lowest BCUT2D eigenvalue weighted by Gasteiger charge is -2.12. The second-order valence-electron chi connectivity index (χ2n) is 4.91. The van der Waals surface area contributed by atoms with Crippen LogP contribution in [0.4, 0.5) is 0 Å². The number of ether oxygens (including phenoxy) is 1. The Hall–Kier alpha value is -2.06. The fourth-order valence-electron chi connectivity index (χ4n) is 2.40. The normalized spacial score (nSPS) is 16.2. The molecule has 1 aromatic carbocycles. The molecule has 2 rings (SSSR count). The van der Waals surface area contributed by atoms with E-state index in [1.165, 1.54) is 0 Å². The number of nitrogens with one attached hydrogen (secondary N) is 1. The van der Waals surface area contributed by atoms with Crippen molar-refractivity contribution in [1.82, 2.24) is 5.32 Å². The summed E-state index contributed by atoms with van der Waals surface area (Å²) in [6, 6.07) is 5.22. The Kier molecular flexibility index (Phi) is 4.81. The topological polar surface area (TPSA) is 79.2 Å². The van der Waals surface area contributed by atoms with Crippen LogP contribution in [-0.2, 0) is 4.79 Å². The molecule has 1 aromatic rings. The van der Waals surface area contributed by atoms with E-state index in [1.54, 1.807) is 12.1 Å². The highest BCUT2D eigenvalue weighted by molar-refractivity contribution is 6.32. The molecule has 0 spiro atoms. The van der Waals surface area contributed by atoms with E-state index >= 15 is 0 Å². The molecule has 0 radical (unpaired) electrons. The van der Waals surface area contributed by atoms with Crippen molar-refractivity contribution in [2.45, 2.75) is 25.7 Å². The maximum atomic E-state index is 12.0. The summed E-state index contributed by atoms with van der Waals surface area (Å²) in [6.45, 7) is 2.03. The third-order valence-corrected chi connectivity index (χ3v) is 3.66. The van der Waals surface area contributed by atoms with Gasteiger partial charge in [0.2, 0.25) is 0 Å². The molecule has 0 heterocycles. The Morgan fingerprint density at radius 1 is 1.57 bits per heavy atom. The minimum Gasteiger partial charge on any atom is -0.483 e. The van der Waals surface area contributed by atoms with Gasteiger partial charge in [-0.15, -0.1) is 0 Å². The molecule has 0 saturated heterocycles. The van der Waals surface area contributed by atoms with Crippen molar-refractivity contribution in [2.75, 3.05) is 13.2 Å². The van der Waals surface area contributed by atoms with E-state index in [-0.39, 0.29) is 37.2 Å². The van der Waals surface area contributed by atoms with Crippen LogP contribution in [-0.4, -0.2) is 24.8 Å². The van der Waals surface area contributed by atoms with Crippen molar-refractivity contribution in [3.63, 3.8) is 0 Å². The number of carbonyl (C=O) groups is 2. The average molecular weight is 307 g/mol. The van der Waals surface area contributed by atoms with E-state index in [0.717, 1.165) is 5.56 Å². The lowest BCUT2D eigenvalue weighted by atomic mass is 10.0. The van der Waals surface area contributed by atoms with Crippen molar-refractivity contribution in [3.05, 3.63) is 28.3 Å². The van der Waals surface area contributed by atoms with Crippen LogP contribution >= 0.6 is 11.6 Å². The number of carbonyl (C=O) groups excluding carboxylic acids is 2. The summed E-state index contributed by atoms with van der Waals surface area (Å²) in [5.41, 5.74) is 1.28. The molecule has 0 unspecified atom stereocenters. The van der Waals surface area contributed by atoms with Crippen molar-refractivity contribution in [3.8, 4) is 11.8 Å². The van der Waals surface area contributed by atoms with Crippen LogP contribution in [0.2, 0.25) is 5.02 Å². The molecule has 1 aliphatic carbocycles. The molecule has 21 heavy (non-hydrogen) atoms. The van der Waals surface area contributed by atoms with Gasteiger partial charge in [0.25, 0.3) is 5.91 Å². The number of hydrogen-bond donors (Lipinski definition) is 1. The van der Waals surface area contributed by atoms with Gasteiger partial charge in [-0.1, -0.05) is 18.5 Å². The van der Waals surface area contributed by atoms with Gasteiger partial charge in [-0.05, 0) is 23.6 Å². The molecule has 6 heteroatoms. The molecule has 0 saturated carbocycles. The molecule has 1 N–H and O–H groups in total. The molecule has 1 aliphatic rings. The largest absolute Gasteiger partial charge is 0.483 e. The molecular weight excluding hydrogens is 292 g/mol. The molecule has 0 aromatic heterocycles. The van der Waals surface area contributed by atoms with Crippen LogP contribution in [0, 0.1) is 11.3 Å². The summed E-state index contributed by atoms with van der Waals surface area (Å²) < 4.78 is 5.44. The second kappa shape index (κ2) is 6.59. The van der Waals surface area contributed by atoms with Crippen LogP contribution in [0.1, 0.15) is 41.6 Å². The average Bonchev–Trinajstić information content (AvgIpc) is 2.75. The van der Waals surface area contributed by atoms with Crippen LogP contribution in [0.3, 0.4) is 0 Å². The number of benzene rings is 1. The van der Waals surface area contributed by atoms with E-state index in [4.69, 9.17) is 21.6 Å². The molecule has 1 amide bonds. The monoisotopic (exact) mass is 306 g/mol. The maximum absolute atomic E-state index is 12.0. The van der Waals surface area contributed by atoms with Gasteiger partial charge in [0.1, 0.15) is 5.75 Å². The van der Waals surface area contributed by atoms with Crippen LogP contribution in [0.5, 0.6) is 5.75 Å². The number of fused-ring (bicyclic) bond motifs is 1. The highest BCUT2D eigenvalue weighted by Gasteiger charge is 2.31. The van der Waals surface area contributed by atoms with Gasteiger partial charge < -0.3 is 10.1 Å². The first kappa shape index (κ1) is 15.3.